The summed E-state index contributed by atoms with van der Waals surface area (Å²) in [6.07, 6.45) is 29.0. The number of hydrogen-bond donors (Lipinski definition) is 0. The summed E-state index contributed by atoms with van der Waals surface area (Å²) in [5.74, 6) is -3.62. The topological polar surface area (TPSA) is 105 Å². The summed E-state index contributed by atoms with van der Waals surface area (Å²) in [4.78, 5) is 54.4. The van der Waals surface area contributed by atoms with E-state index in [0.29, 0.717) is 25.7 Å². The van der Waals surface area contributed by atoms with Crippen LogP contribution in [0.3, 0.4) is 0 Å². The Morgan fingerprint density at radius 3 is 0.812 bits per heavy atom. The zero-order chi connectivity index (χ0) is 50.4. The predicted octanol–water partition coefficient (Wildman–Crippen LogP) is 17.4. The van der Waals surface area contributed by atoms with Gasteiger partial charge in [0.15, 0.2) is 0 Å². The fourth-order valence-electron chi connectivity index (χ4n) is 8.57. The number of ether oxygens (including phenoxy) is 4. The van der Waals surface area contributed by atoms with Gasteiger partial charge in [-0.15, -0.1) is 0 Å². The molecule has 8 nitrogen and oxygen atoms in total. The Morgan fingerprint density at radius 2 is 0.580 bits per heavy atom. The van der Waals surface area contributed by atoms with Crippen molar-refractivity contribution in [2.45, 2.75) is 245 Å². The zero-order valence-corrected chi connectivity index (χ0v) is 43.4. The van der Waals surface area contributed by atoms with Gasteiger partial charge in [0.25, 0.3) is 6.43 Å². The first kappa shape index (κ1) is 61.2. The van der Waals surface area contributed by atoms with Crippen LogP contribution in [0.2, 0.25) is 0 Å². The lowest BCUT2D eigenvalue weighted by atomic mass is 9.85. The second-order valence-electron chi connectivity index (χ2n) is 19.0. The normalized spacial score (nSPS) is 11.5. The van der Waals surface area contributed by atoms with E-state index in [-0.39, 0.29) is 37.6 Å². The van der Waals surface area contributed by atoms with Crippen molar-refractivity contribution in [3.8, 4) is 0 Å². The quantitative estimate of drug-likeness (QED) is 0.0368. The molecule has 392 valence electrons. The van der Waals surface area contributed by atoms with Crippen molar-refractivity contribution in [2.75, 3.05) is 26.4 Å². The van der Waals surface area contributed by atoms with Crippen molar-refractivity contribution in [1.29, 1.82) is 0 Å². The molecule has 0 saturated carbocycles. The molecule has 0 aliphatic heterocycles. The monoisotopic (exact) mass is 973 g/mol. The summed E-state index contributed by atoms with van der Waals surface area (Å²) in [5, 5.41) is 0. The van der Waals surface area contributed by atoms with E-state index in [9.17, 15) is 19.2 Å². The third-order valence-corrected chi connectivity index (χ3v) is 13.0. The third-order valence-electron chi connectivity index (χ3n) is 13.0. The van der Waals surface area contributed by atoms with Crippen molar-refractivity contribution in [2.24, 2.45) is 0 Å². The molecule has 69 heavy (non-hydrogen) atoms. The molecule has 0 unspecified atom stereocenters. The molecule has 2 rings (SSSR count). The van der Waals surface area contributed by atoms with Crippen LogP contribution in [-0.2, 0) is 24.6 Å². The standard InChI is InChI=1S/C58H91F3O8/c1-5-9-13-17-21-25-29-33-41-66-53(62)49-39-37-47(45-51(49)55(64)68-43-35-31-27-23-19-15-11-7-3)58(61,57(59)60)48-38-40-50(54(63)67-42-34-30-26-22-18-14-10-6-2)52(46-48)56(65)69-44-36-32-28-24-20-16-12-8-4/h37-40,45-46,57H,5-36,41-44H2,1-4H3. The number of hydrogen-bond acceptors (Lipinski definition) is 8. The van der Waals surface area contributed by atoms with Crippen molar-refractivity contribution >= 4 is 23.9 Å². The summed E-state index contributed by atoms with van der Waals surface area (Å²) < 4.78 is 70.5. The van der Waals surface area contributed by atoms with E-state index in [1.54, 1.807) is 0 Å². The van der Waals surface area contributed by atoms with Crippen LogP contribution in [-0.4, -0.2) is 56.7 Å². The highest BCUT2D eigenvalue weighted by Gasteiger charge is 2.46. The van der Waals surface area contributed by atoms with Gasteiger partial charge >= 0.3 is 23.9 Å². The fourth-order valence-corrected chi connectivity index (χ4v) is 8.57. The molecule has 0 aliphatic rings. The first-order valence-corrected chi connectivity index (χ1v) is 27.5. The van der Waals surface area contributed by atoms with Crippen molar-refractivity contribution in [3.05, 3.63) is 69.8 Å². The van der Waals surface area contributed by atoms with Gasteiger partial charge < -0.3 is 18.9 Å². The Balaban J connectivity index is 2.41. The molecular formula is C58H91F3O8. The van der Waals surface area contributed by atoms with Gasteiger partial charge in [0.1, 0.15) is 0 Å². The van der Waals surface area contributed by atoms with Gasteiger partial charge in [0, 0.05) is 11.1 Å². The van der Waals surface area contributed by atoms with E-state index in [1.807, 2.05) is 0 Å². The van der Waals surface area contributed by atoms with Crippen LogP contribution in [0.4, 0.5) is 13.2 Å². The van der Waals surface area contributed by atoms with Crippen LogP contribution in [0.25, 0.3) is 0 Å². The van der Waals surface area contributed by atoms with Gasteiger partial charge in [0.2, 0.25) is 5.67 Å². The van der Waals surface area contributed by atoms with Gasteiger partial charge in [-0.2, -0.15) is 0 Å². The number of halogens is 3. The first-order chi connectivity index (χ1) is 33.6. The van der Waals surface area contributed by atoms with Crippen molar-refractivity contribution in [3.63, 3.8) is 0 Å². The Kier molecular flexibility index (Phi) is 34.4. The Labute approximate surface area is 415 Å². The van der Waals surface area contributed by atoms with Crippen LogP contribution >= 0.6 is 0 Å². The molecule has 2 aromatic rings. The first-order valence-electron chi connectivity index (χ1n) is 27.5. The highest BCUT2D eigenvalue weighted by molar-refractivity contribution is 6.04. The molecule has 0 saturated heterocycles. The number of alkyl halides is 3. The molecule has 0 amide bonds. The van der Waals surface area contributed by atoms with Gasteiger partial charge in [-0.05, 0) is 49.9 Å². The molecule has 0 atom stereocenters. The summed E-state index contributed by atoms with van der Waals surface area (Å²) in [6.45, 7) is 8.92. The van der Waals surface area contributed by atoms with E-state index >= 15 is 13.2 Å². The lowest BCUT2D eigenvalue weighted by Crippen LogP contribution is -2.32. The predicted molar refractivity (Wildman–Crippen MR) is 272 cm³/mol. The van der Waals surface area contributed by atoms with Crippen molar-refractivity contribution < 1.29 is 51.3 Å². The SMILES string of the molecule is CCCCCCCCCCOC(=O)c1ccc(C(F)(c2ccc(C(=O)OCCCCCCCCCC)c(C(=O)OCCCCCCCCCC)c2)C(F)F)cc1C(=O)OCCCCCCCCCC. The van der Waals surface area contributed by atoms with Gasteiger partial charge in [0.05, 0.1) is 48.7 Å². The highest BCUT2D eigenvalue weighted by Crippen LogP contribution is 2.41. The minimum Gasteiger partial charge on any atom is -0.462 e. The molecule has 11 heteroatoms. The average Bonchev–Trinajstić information content (AvgIpc) is 3.35. The minimum atomic E-state index is -3.71. The van der Waals surface area contributed by atoms with Crippen molar-refractivity contribution in [1.82, 2.24) is 0 Å². The van der Waals surface area contributed by atoms with Crippen LogP contribution in [0.1, 0.15) is 286 Å². The number of unbranched alkanes of at least 4 members (excludes halogenated alkanes) is 28. The Bertz CT molecular complexity index is 1580. The largest absolute Gasteiger partial charge is 0.462 e. The van der Waals surface area contributed by atoms with Crippen LogP contribution in [0.15, 0.2) is 36.4 Å². The van der Waals surface area contributed by atoms with Crippen LogP contribution in [0, 0.1) is 0 Å². The molecule has 0 radical (unpaired) electrons. The smallest absolute Gasteiger partial charge is 0.339 e. The summed E-state index contributed by atoms with van der Waals surface area (Å²) in [7, 11) is 0. The number of rotatable bonds is 43. The third kappa shape index (κ3) is 24.7. The second kappa shape index (κ2) is 38.8. The molecular weight excluding hydrogens is 882 g/mol. The molecule has 2 aromatic carbocycles. The summed E-state index contributed by atoms with van der Waals surface area (Å²) >= 11 is 0. The van der Waals surface area contributed by atoms with Gasteiger partial charge in [-0.3, -0.25) is 0 Å². The molecule has 0 spiro atoms. The molecule has 0 aliphatic carbocycles. The molecule has 0 heterocycles. The maximum Gasteiger partial charge on any atom is 0.339 e. The zero-order valence-electron chi connectivity index (χ0n) is 43.4. The maximum atomic E-state index is 17.5. The molecule has 0 bridgehead atoms. The van der Waals surface area contributed by atoms with E-state index in [1.165, 1.54) is 64.2 Å². The number of esters is 4. The number of benzene rings is 2. The minimum absolute atomic E-state index is 0.0292. The van der Waals surface area contributed by atoms with E-state index in [4.69, 9.17) is 18.9 Å². The highest BCUT2D eigenvalue weighted by atomic mass is 19.3. The second-order valence-corrected chi connectivity index (χ2v) is 19.0. The molecule has 0 aromatic heterocycles. The summed E-state index contributed by atoms with van der Waals surface area (Å²) in [6, 6.07) is 6.12. The van der Waals surface area contributed by atoms with E-state index < -0.39 is 58.2 Å². The van der Waals surface area contributed by atoms with Gasteiger partial charge in [-0.1, -0.05) is 220 Å². The lowest BCUT2D eigenvalue weighted by Gasteiger charge is -2.27. The Morgan fingerprint density at radius 1 is 0.362 bits per heavy atom. The summed E-state index contributed by atoms with van der Waals surface area (Å²) in [5.41, 5.74) is -6.13. The Hall–Kier alpha value is -3.89. The molecule has 0 fully saturated rings. The van der Waals surface area contributed by atoms with E-state index in [0.717, 1.165) is 152 Å². The molecule has 0 N–H and O–H groups in total. The van der Waals surface area contributed by atoms with E-state index in [2.05, 4.69) is 27.7 Å². The fraction of sp³-hybridized carbons (Fsp3) is 0.724. The maximum absolute atomic E-state index is 17.5. The van der Waals surface area contributed by atoms with Crippen LogP contribution < -0.4 is 0 Å². The van der Waals surface area contributed by atoms with Gasteiger partial charge in [-0.25, -0.2) is 32.3 Å². The lowest BCUT2D eigenvalue weighted by molar-refractivity contribution is -0.0103. The number of carbonyl (C=O) groups is 4. The number of carbonyl (C=O) groups excluding carboxylic acids is 4. The van der Waals surface area contributed by atoms with Crippen LogP contribution in [0.5, 0.6) is 0 Å². The average molecular weight is 973 g/mol.